The van der Waals surface area contributed by atoms with Gasteiger partial charge in [-0.15, -0.1) is 0 Å². The second-order valence-electron chi connectivity index (χ2n) is 4.90. The van der Waals surface area contributed by atoms with Crippen molar-refractivity contribution in [2.45, 2.75) is 26.1 Å². The number of rotatable bonds is 6. The Kier molecular flexibility index (Phi) is 5.62. The summed E-state index contributed by atoms with van der Waals surface area (Å²) in [6.07, 6.45) is -0.784. The van der Waals surface area contributed by atoms with Gasteiger partial charge >= 0.3 is 0 Å². The zero-order valence-corrected chi connectivity index (χ0v) is 10.9. The molecule has 0 amide bonds. The molecule has 0 heterocycles. The van der Waals surface area contributed by atoms with Crippen LogP contribution in [0.4, 0.5) is 0 Å². The first kappa shape index (κ1) is 14.2. The Morgan fingerprint density at radius 3 is 2.18 bits per heavy atom. The van der Waals surface area contributed by atoms with Gasteiger partial charge in [-0.1, -0.05) is 37.3 Å². The summed E-state index contributed by atoms with van der Waals surface area (Å²) in [4.78, 5) is 2.04. The van der Waals surface area contributed by atoms with Gasteiger partial charge in [-0.25, -0.2) is 0 Å². The Bertz CT molecular complexity index is 313. The van der Waals surface area contributed by atoms with Crippen LogP contribution in [0.25, 0.3) is 0 Å². The largest absolute Gasteiger partial charge is 0.392 e. The number of hydrogen-bond donors (Lipinski definition) is 2. The summed E-state index contributed by atoms with van der Waals surface area (Å²) in [5.41, 5.74) is 0.949. The molecule has 0 radical (unpaired) electrons. The van der Waals surface area contributed by atoms with Crippen LogP contribution in [-0.2, 0) is 0 Å². The molecule has 0 aromatic heterocycles. The van der Waals surface area contributed by atoms with Gasteiger partial charge in [0.25, 0.3) is 0 Å². The smallest absolute Gasteiger partial charge is 0.0827 e. The molecule has 0 spiro atoms. The van der Waals surface area contributed by atoms with Crippen molar-refractivity contribution in [3.8, 4) is 0 Å². The molecular formula is C14H23NO2. The molecule has 0 saturated heterocycles. The van der Waals surface area contributed by atoms with Gasteiger partial charge in [-0.3, -0.25) is 0 Å². The molecule has 17 heavy (non-hydrogen) atoms. The Hall–Kier alpha value is -0.900. The third-order valence-electron chi connectivity index (χ3n) is 2.86. The Labute approximate surface area is 104 Å². The fourth-order valence-electron chi connectivity index (χ4n) is 2.10. The number of aliphatic hydroxyl groups excluding tert-OH is 2. The Morgan fingerprint density at radius 1 is 1.06 bits per heavy atom. The number of nitrogens with zero attached hydrogens (tertiary/aromatic N) is 1. The zero-order valence-electron chi connectivity index (χ0n) is 10.9. The zero-order chi connectivity index (χ0) is 12.8. The van der Waals surface area contributed by atoms with E-state index < -0.39 is 6.10 Å². The van der Waals surface area contributed by atoms with E-state index in [1.807, 2.05) is 49.2 Å². The van der Waals surface area contributed by atoms with Crippen LogP contribution in [0.2, 0.25) is 0 Å². The fourth-order valence-corrected chi connectivity index (χ4v) is 2.10. The third kappa shape index (κ3) is 4.86. The van der Waals surface area contributed by atoms with Crippen molar-refractivity contribution in [2.75, 3.05) is 20.1 Å². The quantitative estimate of drug-likeness (QED) is 0.791. The van der Waals surface area contributed by atoms with Crippen LogP contribution in [-0.4, -0.2) is 41.4 Å². The highest BCUT2D eigenvalue weighted by Crippen LogP contribution is 2.21. The molecule has 2 N–H and O–H groups in total. The van der Waals surface area contributed by atoms with Gasteiger partial charge in [0.1, 0.15) is 0 Å². The van der Waals surface area contributed by atoms with Crippen LogP contribution in [0.15, 0.2) is 30.3 Å². The first-order valence-electron chi connectivity index (χ1n) is 6.10. The van der Waals surface area contributed by atoms with Crippen molar-refractivity contribution in [3.63, 3.8) is 0 Å². The summed E-state index contributed by atoms with van der Waals surface area (Å²) < 4.78 is 0. The summed E-state index contributed by atoms with van der Waals surface area (Å²) in [7, 11) is 1.96. The topological polar surface area (TPSA) is 43.7 Å². The molecule has 3 atom stereocenters. The number of aliphatic hydroxyl groups is 2. The summed E-state index contributed by atoms with van der Waals surface area (Å²) >= 11 is 0. The molecule has 3 unspecified atom stereocenters. The minimum atomic E-state index is -0.451. The van der Waals surface area contributed by atoms with Gasteiger partial charge in [-0.05, 0) is 25.5 Å². The van der Waals surface area contributed by atoms with Gasteiger partial charge in [0.2, 0.25) is 0 Å². The monoisotopic (exact) mass is 237 g/mol. The van der Waals surface area contributed by atoms with Crippen molar-refractivity contribution in [2.24, 2.45) is 5.92 Å². The highest BCUT2D eigenvalue weighted by atomic mass is 16.3. The number of likely N-dealkylation sites (N-methyl/N-ethyl adjacent to an activating group) is 1. The van der Waals surface area contributed by atoms with Gasteiger partial charge in [-0.2, -0.15) is 0 Å². The Balaban J connectivity index is 2.50. The lowest BCUT2D eigenvalue weighted by atomic mass is 9.97. The normalized spacial score (nSPS) is 16.8. The molecule has 0 bridgehead atoms. The van der Waals surface area contributed by atoms with Gasteiger partial charge in [0, 0.05) is 13.1 Å². The summed E-state index contributed by atoms with van der Waals surface area (Å²) in [5.74, 6) is 0.140. The minimum Gasteiger partial charge on any atom is -0.392 e. The van der Waals surface area contributed by atoms with Gasteiger partial charge in [0.15, 0.2) is 0 Å². The molecule has 0 saturated carbocycles. The van der Waals surface area contributed by atoms with Crippen LogP contribution in [0.1, 0.15) is 25.5 Å². The van der Waals surface area contributed by atoms with E-state index in [-0.39, 0.29) is 12.0 Å². The second kappa shape index (κ2) is 6.74. The average molecular weight is 237 g/mol. The molecule has 1 rings (SSSR count). The van der Waals surface area contributed by atoms with E-state index in [0.29, 0.717) is 6.54 Å². The van der Waals surface area contributed by atoms with Crippen LogP contribution in [0.3, 0.4) is 0 Å². The highest BCUT2D eigenvalue weighted by molar-refractivity contribution is 5.17. The molecule has 1 aromatic rings. The van der Waals surface area contributed by atoms with E-state index in [1.54, 1.807) is 6.92 Å². The van der Waals surface area contributed by atoms with Crippen LogP contribution in [0, 0.1) is 5.92 Å². The maximum atomic E-state index is 10.2. The van der Waals surface area contributed by atoms with Crippen molar-refractivity contribution < 1.29 is 10.2 Å². The maximum absolute atomic E-state index is 10.2. The standard InChI is InChI=1S/C14H23NO2/c1-11(9-15(3)10-12(2)16)14(17)13-7-5-4-6-8-13/h4-8,11-12,14,16-17H,9-10H2,1-3H3. The van der Waals surface area contributed by atoms with Crippen LogP contribution >= 0.6 is 0 Å². The van der Waals surface area contributed by atoms with Crippen molar-refractivity contribution >= 4 is 0 Å². The van der Waals surface area contributed by atoms with Gasteiger partial charge in [0.05, 0.1) is 12.2 Å². The second-order valence-corrected chi connectivity index (χ2v) is 4.90. The molecule has 0 aliphatic carbocycles. The van der Waals surface area contributed by atoms with Crippen LogP contribution < -0.4 is 0 Å². The third-order valence-corrected chi connectivity index (χ3v) is 2.86. The van der Waals surface area contributed by atoms with E-state index in [0.717, 1.165) is 12.1 Å². The highest BCUT2D eigenvalue weighted by Gasteiger charge is 2.18. The van der Waals surface area contributed by atoms with E-state index in [2.05, 4.69) is 0 Å². The average Bonchev–Trinajstić information content (AvgIpc) is 2.28. The molecule has 0 aliphatic heterocycles. The van der Waals surface area contributed by atoms with E-state index >= 15 is 0 Å². The van der Waals surface area contributed by atoms with Crippen molar-refractivity contribution in [3.05, 3.63) is 35.9 Å². The maximum Gasteiger partial charge on any atom is 0.0827 e. The van der Waals surface area contributed by atoms with Crippen molar-refractivity contribution in [1.29, 1.82) is 0 Å². The van der Waals surface area contributed by atoms with E-state index in [1.165, 1.54) is 0 Å². The molecule has 0 aliphatic rings. The predicted molar refractivity (Wildman–Crippen MR) is 69.7 cm³/mol. The first-order valence-corrected chi connectivity index (χ1v) is 6.10. The summed E-state index contributed by atoms with van der Waals surface area (Å²) in [5, 5.41) is 19.5. The summed E-state index contributed by atoms with van der Waals surface area (Å²) in [6, 6.07) is 9.70. The van der Waals surface area contributed by atoms with E-state index in [9.17, 15) is 10.2 Å². The minimum absolute atomic E-state index is 0.140. The Morgan fingerprint density at radius 2 is 1.65 bits per heavy atom. The lowest BCUT2D eigenvalue weighted by molar-refractivity contribution is 0.0775. The number of benzene rings is 1. The molecular weight excluding hydrogens is 214 g/mol. The predicted octanol–water partition coefficient (Wildman–Crippen LogP) is 1.67. The lowest BCUT2D eigenvalue weighted by Crippen LogP contribution is -2.32. The lowest BCUT2D eigenvalue weighted by Gasteiger charge is -2.26. The van der Waals surface area contributed by atoms with Crippen molar-refractivity contribution in [1.82, 2.24) is 4.90 Å². The molecule has 3 nitrogen and oxygen atoms in total. The fraction of sp³-hybridized carbons (Fsp3) is 0.571. The molecule has 0 fully saturated rings. The summed E-state index contributed by atoms with van der Waals surface area (Å²) in [6.45, 7) is 5.19. The van der Waals surface area contributed by atoms with Crippen LogP contribution in [0.5, 0.6) is 0 Å². The molecule has 1 aromatic carbocycles. The SMILES string of the molecule is CC(O)CN(C)CC(C)C(O)c1ccccc1. The molecule has 96 valence electrons. The van der Waals surface area contributed by atoms with Gasteiger partial charge < -0.3 is 15.1 Å². The first-order chi connectivity index (χ1) is 8.00. The number of hydrogen-bond acceptors (Lipinski definition) is 3. The van der Waals surface area contributed by atoms with E-state index in [4.69, 9.17) is 0 Å². The molecule has 3 heteroatoms.